The Labute approximate surface area is 192 Å². The second-order valence-corrected chi connectivity index (χ2v) is 8.71. The lowest BCUT2D eigenvalue weighted by Gasteiger charge is -2.26. The largest absolute Gasteiger partial charge is 0.497 e. The number of likely N-dealkylation sites (tertiary alicyclic amines) is 1. The van der Waals surface area contributed by atoms with Crippen molar-refractivity contribution in [2.75, 3.05) is 20.2 Å². The topological polar surface area (TPSA) is 88.9 Å². The third-order valence-electron chi connectivity index (χ3n) is 6.68. The first-order valence-electron chi connectivity index (χ1n) is 11.3. The van der Waals surface area contributed by atoms with Crippen molar-refractivity contribution in [2.24, 2.45) is 0 Å². The zero-order chi connectivity index (χ0) is 22.9. The van der Waals surface area contributed by atoms with E-state index in [-0.39, 0.29) is 11.6 Å². The van der Waals surface area contributed by atoms with Crippen LogP contribution in [-0.2, 0) is 6.54 Å². The zero-order valence-electron chi connectivity index (χ0n) is 19.2. The number of hydrogen-bond donors (Lipinski definition) is 1. The number of pyridine rings is 1. The highest BCUT2D eigenvalue weighted by Gasteiger charge is 2.32. The highest BCUT2D eigenvalue weighted by molar-refractivity contribution is 5.83. The Kier molecular flexibility index (Phi) is 5.68. The molecule has 0 aliphatic carbocycles. The standard InChI is InChI=1S/C25H28N6O2/c1-16-6-9-19-14-21(25(32)26-22(19)17(16)2)23(30-12-4-5-13-30)24-27-28-29-31(24)15-18-7-10-20(33-3)11-8-18/h6-11,14,23H,4-5,12-13,15H2,1-3H3,(H,26,32). The number of tetrazole rings is 1. The summed E-state index contributed by atoms with van der Waals surface area (Å²) < 4.78 is 7.06. The minimum absolute atomic E-state index is 0.0907. The summed E-state index contributed by atoms with van der Waals surface area (Å²) in [4.78, 5) is 18.8. The summed E-state index contributed by atoms with van der Waals surface area (Å²) in [6.45, 7) is 6.43. The van der Waals surface area contributed by atoms with E-state index < -0.39 is 0 Å². The molecule has 1 saturated heterocycles. The number of aryl methyl sites for hydroxylation is 2. The Morgan fingerprint density at radius 1 is 1.09 bits per heavy atom. The monoisotopic (exact) mass is 444 g/mol. The molecule has 1 N–H and O–H groups in total. The number of H-pyrrole nitrogens is 1. The van der Waals surface area contributed by atoms with Crippen molar-refractivity contribution in [1.82, 2.24) is 30.1 Å². The van der Waals surface area contributed by atoms with Gasteiger partial charge in [0, 0.05) is 5.56 Å². The van der Waals surface area contributed by atoms with Crippen LogP contribution in [0.2, 0.25) is 0 Å². The normalized spacial score (nSPS) is 15.2. The van der Waals surface area contributed by atoms with Crippen LogP contribution in [0, 0.1) is 13.8 Å². The Morgan fingerprint density at radius 3 is 2.58 bits per heavy atom. The van der Waals surface area contributed by atoms with Crippen LogP contribution in [-0.4, -0.2) is 50.3 Å². The van der Waals surface area contributed by atoms with Crippen LogP contribution in [0.3, 0.4) is 0 Å². The number of methoxy groups -OCH3 is 1. The Balaban J connectivity index is 1.59. The fraction of sp³-hybridized carbons (Fsp3) is 0.360. The molecule has 2 aromatic heterocycles. The maximum Gasteiger partial charge on any atom is 0.253 e. The van der Waals surface area contributed by atoms with Crippen LogP contribution in [0.25, 0.3) is 10.9 Å². The molecular formula is C25H28N6O2. The second-order valence-electron chi connectivity index (χ2n) is 8.71. The number of nitrogens with zero attached hydrogens (tertiary/aromatic N) is 5. The average Bonchev–Trinajstić information content (AvgIpc) is 3.51. The van der Waals surface area contributed by atoms with Crippen molar-refractivity contribution in [3.05, 3.63) is 80.9 Å². The van der Waals surface area contributed by atoms with E-state index in [2.05, 4.69) is 44.5 Å². The average molecular weight is 445 g/mol. The maximum absolute atomic E-state index is 13.4. The van der Waals surface area contributed by atoms with Crippen LogP contribution in [0.4, 0.5) is 0 Å². The van der Waals surface area contributed by atoms with Gasteiger partial charge in [-0.15, -0.1) is 5.10 Å². The van der Waals surface area contributed by atoms with Crippen molar-refractivity contribution in [1.29, 1.82) is 0 Å². The number of fused-ring (bicyclic) bond motifs is 1. The molecule has 1 fully saturated rings. The number of nitrogens with one attached hydrogen (secondary N) is 1. The number of hydrogen-bond acceptors (Lipinski definition) is 6. The summed E-state index contributed by atoms with van der Waals surface area (Å²) >= 11 is 0. The van der Waals surface area contributed by atoms with Gasteiger partial charge in [-0.25, -0.2) is 4.68 Å². The number of benzene rings is 2. The van der Waals surface area contributed by atoms with E-state index in [1.54, 1.807) is 11.8 Å². The fourth-order valence-electron chi connectivity index (χ4n) is 4.67. The minimum Gasteiger partial charge on any atom is -0.497 e. The molecule has 2 aromatic carbocycles. The quantitative estimate of drug-likeness (QED) is 0.491. The summed E-state index contributed by atoms with van der Waals surface area (Å²) in [6.07, 6.45) is 2.20. The van der Waals surface area contributed by atoms with Crippen molar-refractivity contribution in [2.45, 2.75) is 39.3 Å². The van der Waals surface area contributed by atoms with Crippen molar-refractivity contribution in [3.63, 3.8) is 0 Å². The first kappa shape index (κ1) is 21.3. The van der Waals surface area contributed by atoms with E-state index in [0.29, 0.717) is 17.9 Å². The van der Waals surface area contributed by atoms with E-state index in [0.717, 1.165) is 59.3 Å². The van der Waals surface area contributed by atoms with Crippen LogP contribution in [0.5, 0.6) is 5.75 Å². The number of aromatic amines is 1. The molecule has 5 rings (SSSR count). The predicted octanol–water partition coefficient (Wildman–Crippen LogP) is 3.37. The molecule has 1 atom stereocenters. The molecule has 1 unspecified atom stereocenters. The lowest BCUT2D eigenvalue weighted by molar-refractivity contribution is 0.263. The molecule has 8 nitrogen and oxygen atoms in total. The summed E-state index contributed by atoms with van der Waals surface area (Å²) in [5.74, 6) is 1.49. The molecule has 0 spiro atoms. The predicted molar refractivity (Wildman–Crippen MR) is 127 cm³/mol. The number of ether oxygens (including phenoxy) is 1. The SMILES string of the molecule is COc1ccc(Cn2nnnc2C(c2cc3ccc(C)c(C)c3[nH]c2=O)N2CCCC2)cc1. The van der Waals surface area contributed by atoms with E-state index >= 15 is 0 Å². The van der Waals surface area contributed by atoms with Gasteiger partial charge in [-0.1, -0.05) is 24.3 Å². The number of rotatable bonds is 6. The third-order valence-corrected chi connectivity index (χ3v) is 6.68. The van der Waals surface area contributed by atoms with Crippen LogP contribution in [0.15, 0.2) is 47.3 Å². The van der Waals surface area contributed by atoms with E-state index in [9.17, 15) is 4.79 Å². The molecule has 1 aliphatic rings. The summed E-state index contributed by atoms with van der Waals surface area (Å²) in [7, 11) is 1.65. The maximum atomic E-state index is 13.4. The van der Waals surface area contributed by atoms with Gasteiger partial charge in [0.15, 0.2) is 5.82 Å². The van der Waals surface area contributed by atoms with Crippen molar-refractivity contribution < 1.29 is 4.74 Å². The van der Waals surface area contributed by atoms with Gasteiger partial charge in [-0.2, -0.15) is 0 Å². The van der Waals surface area contributed by atoms with Gasteiger partial charge in [0.05, 0.1) is 19.2 Å². The van der Waals surface area contributed by atoms with Crippen molar-refractivity contribution >= 4 is 10.9 Å². The van der Waals surface area contributed by atoms with Gasteiger partial charge in [0.2, 0.25) is 0 Å². The van der Waals surface area contributed by atoms with Gasteiger partial charge in [-0.05, 0) is 90.5 Å². The van der Waals surface area contributed by atoms with E-state index in [4.69, 9.17) is 4.74 Å². The van der Waals surface area contributed by atoms with E-state index in [1.165, 1.54) is 0 Å². The van der Waals surface area contributed by atoms with Crippen LogP contribution in [0.1, 0.15) is 47.0 Å². The Bertz CT molecular complexity index is 1340. The summed E-state index contributed by atoms with van der Waals surface area (Å²) in [6, 6.07) is 13.7. The summed E-state index contributed by atoms with van der Waals surface area (Å²) in [5, 5.41) is 13.7. The Morgan fingerprint density at radius 2 is 1.85 bits per heavy atom. The summed E-state index contributed by atoms with van der Waals surface area (Å²) in [5.41, 5.74) is 4.79. The second kappa shape index (κ2) is 8.78. The van der Waals surface area contributed by atoms with Crippen LogP contribution < -0.4 is 10.3 Å². The molecule has 1 aliphatic heterocycles. The first-order valence-corrected chi connectivity index (χ1v) is 11.3. The van der Waals surface area contributed by atoms with Gasteiger partial charge in [0.25, 0.3) is 5.56 Å². The molecule has 33 heavy (non-hydrogen) atoms. The third kappa shape index (κ3) is 4.02. The highest BCUT2D eigenvalue weighted by atomic mass is 16.5. The number of aromatic nitrogens is 5. The molecule has 8 heteroatoms. The minimum atomic E-state index is -0.310. The van der Waals surface area contributed by atoms with Crippen molar-refractivity contribution in [3.8, 4) is 5.75 Å². The Hall–Kier alpha value is -3.52. The van der Waals surface area contributed by atoms with Gasteiger partial charge in [-0.3, -0.25) is 9.69 Å². The fourth-order valence-corrected chi connectivity index (χ4v) is 4.67. The molecular weight excluding hydrogens is 416 g/mol. The molecule has 0 bridgehead atoms. The molecule has 3 heterocycles. The lowest BCUT2D eigenvalue weighted by atomic mass is 10.0. The smallest absolute Gasteiger partial charge is 0.253 e. The van der Waals surface area contributed by atoms with Crippen LogP contribution >= 0.6 is 0 Å². The first-order chi connectivity index (χ1) is 16.0. The highest BCUT2D eigenvalue weighted by Crippen LogP contribution is 2.30. The van der Waals surface area contributed by atoms with Gasteiger partial charge in [0.1, 0.15) is 11.8 Å². The zero-order valence-corrected chi connectivity index (χ0v) is 19.2. The van der Waals surface area contributed by atoms with Gasteiger partial charge >= 0.3 is 0 Å². The molecule has 0 saturated carbocycles. The molecule has 4 aromatic rings. The molecule has 0 amide bonds. The molecule has 170 valence electrons. The van der Waals surface area contributed by atoms with E-state index in [1.807, 2.05) is 37.3 Å². The lowest BCUT2D eigenvalue weighted by Crippen LogP contribution is -2.33. The van der Waals surface area contributed by atoms with Gasteiger partial charge < -0.3 is 9.72 Å². The molecule has 0 radical (unpaired) electrons.